The monoisotopic (exact) mass is 351 g/mol. The first-order valence-electron chi connectivity index (χ1n) is 7.42. The van der Waals surface area contributed by atoms with Gasteiger partial charge in [-0.15, -0.1) is 0 Å². The van der Waals surface area contributed by atoms with Crippen molar-refractivity contribution in [3.05, 3.63) is 77.8 Å². The second kappa shape index (κ2) is 7.36. The van der Waals surface area contributed by atoms with E-state index in [0.717, 1.165) is 18.3 Å². The van der Waals surface area contributed by atoms with Crippen LogP contribution in [0.1, 0.15) is 16.1 Å². The fourth-order valence-electron chi connectivity index (χ4n) is 2.13. The molecule has 26 heavy (non-hydrogen) atoms. The highest BCUT2D eigenvalue weighted by atomic mass is 19.1. The van der Waals surface area contributed by atoms with E-state index in [0.29, 0.717) is 11.3 Å². The molecule has 3 rings (SSSR count). The molecule has 6 nitrogen and oxygen atoms in total. The van der Waals surface area contributed by atoms with E-state index in [-0.39, 0.29) is 17.2 Å². The van der Waals surface area contributed by atoms with Crippen molar-refractivity contribution in [2.24, 2.45) is 0 Å². The lowest BCUT2D eigenvalue weighted by Crippen LogP contribution is -2.15. The third-order valence-electron chi connectivity index (χ3n) is 3.40. The maximum Gasteiger partial charge on any atom is 0.275 e. The normalized spacial score (nSPS) is 10.0. The molecule has 0 saturated carbocycles. The van der Waals surface area contributed by atoms with Crippen LogP contribution in [0.5, 0.6) is 0 Å². The van der Waals surface area contributed by atoms with Gasteiger partial charge in [0.05, 0.1) is 23.6 Å². The number of nitrogens with one attached hydrogen (secondary N) is 2. The van der Waals surface area contributed by atoms with Crippen LogP contribution in [0.4, 0.5) is 26.0 Å². The number of carbonyl (C=O) groups is 1. The second-order valence-electron chi connectivity index (χ2n) is 5.12. The van der Waals surface area contributed by atoms with Crippen LogP contribution in [0.3, 0.4) is 0 Å². The second-order valence-corrected chi connectivity index (χ2v) is 5.12. The molecule has 3 aromatic rings. The first kappa shape index (κ1) is 17.0. The van der Waals surface area contributed by atoms with E-state index < -0.39 is 17.5 Å². The summed E-state index contributed by atoms with van der Waals surface area (Å²) in [5.74, 6) is -2.05. The largest absolute Gasteiger partial charge is 0.334 e. The molecule has 2 N–H and O–H groups in total. The Kier molecular flexibility index (Phi) is 4.80. The number of nitrogens with zero attached hydrogens (tertiary/aromatic N) is 3. The van der Waals surface area contributed by atoms with E-state index in [1.165, 1.54) is 12.3 Å². The summed E-state index contributed by atoms with van der Waals surface area (Å²) in [4.78, 5) is 20.0. The standard InChI is InChI=1S/C18H11F2N5O/c19-12-5-3-6-13(20)17(12)25-16-10-22-15(9-23-16)18(26)24-14-7-2-1-4-11(14)8-21/h1-7,9-10H,(H,23,25)(H,24,26). The van der Waals surface area contributed by atoms with Gasteiger partial charge in [-0.2, -0.15) is 5.26 Å². The van der Waals surface area contributed by atoms with Gasteiger partial charge in [0.15, 0.2) is 0 Å². The Bertz CT molecular complexity index is 979. The van der Waals surface area contributed by atoms with Gasteiger partial charge in [0.25, 0.3) is 5.91 Å². The molecule has 0 saturated heterocycles. The lowest BCUT2D eigenvalue weighted by atomic mass is 10.2. The van der Waals surface area contributed by atoms with Crippen LogP contribution in [0.2, 0.25) is 0 Å². The number of para-hydroxylation sites is 2. The first-order chi connectivity index (χ1) is 12.6. The summed E-state index contributed by atoms with van der Waals surface area (Å²) < 4.78 is 27.2. The minimum absolute atomic E-state index is 0.0164. The van der Waals surface area contributed by atoms with Gasteiger partial charge in [0.2, 0.25) is 0 Å². The van der Waals surface area contributed by atoms with E-state index in [2.05, 4.69) is 20.6 Å². The lowest BCUT2D eigenvalue weighted by molar-refractivity contribution is 0.102. The summed E-state index contributed by atoms with van der Waals surface area (Å²) in [5, 5.41) is 14.1. The predicted molar refractivity (Wildman–Crippen MR) is 90.8 cm³/mol. The molecule has 0 radical (unpaired) electrons. The Hall–Kier alpha value is -3.86. The maximum atomic E-state index is 13.6. The summed E-state index contributed by atoms with van der Waals surface area (Å²) >= 11 is 0. The molecule has 0 bridgehead atoms. The number of aromatic nitrogens is 2. The highest BCUT2D eigenvalue weighted by Gasteiger charge is 2.12. The first-order valence-corrected chi connectivity index (χ1v) is 7.42. The summed E-state index contributed by atoms with van der Waals surface area (Å²) in [7, 11) is 0. The molecule has 0 fully saturated rings. The molecule has 0 spiro atoms. The van der Waals surface area contributed by atoms with E-state index >= 15 is 0 Å². The van der Waals surface area contributed by atoms with Crippen molar-refractivity contribution >= 4 is 23.1 Å². The van der Waals surface area contributed by atoms with Crippen molar-refractivity contribution in [2.75, 3.05) is 10.6 Å². The Labute approximate surface area is 147 Å². The van der Waals surface area contributed by atoms with Crippen LogP contribution in [0, 0.1) is 23.0 Å². The highest BCUT2D eigenvalue weighted by molar-refractivity contribution is 6.03. The zero-order chi connectivity index (χ0) is 18.5. The fourth-order valence-corrected chi connectivity index (χ4v) is 2.13. The molecule has 1 heterocycles. The van der Waals surface area contributed by atoms with Gasteiger partial charge in [-0.25, -0.2) is 18.7 Å². The number of amides is 1. The van der Waals surface area contributed by atoms with E-state index in [9.17, 15) is 13.6 Å². The van der Waals surface area contributed by atoms with Crippen molar-refractivity contribution in [2.45, 2.75) is 0 Å². The summed E-state index contributed by atoms with van der Waals surface area (Å²) in [6.07, 6.45) is 2.34. The van der Waals surface area contributed by atoms with Gasteiger partial charge >= 0.3 is 0 Å². The van der Waals surface area contributed by atoms with Crippen LogP contribution >= 0.6 is 0 Å². The van der Waals surface area contributed by atoms with Gasteiger partial charge in [-0.1, -0.05) is 18.2 Å². The lowest BCUT2D eigenvalue weighted by Gasteiger charge is -2.09. The molecule has 0 aliphatic carbocycles. The average Bonchev–Trinajstić information content (AvgIpc) is 2.66. The van der Waals surface area contributed by atoms with Gasteiger partial charge in [-0.05, 0) is 24.3 Å². The molecule has 128 valence electrons. The van der Waals surface area contributed by atoms with Crippen LogP contribution in [-0.4, -0.2) is 15.9 Å². The van der Waals surface area contributed by atoms with Crippen LogP contribution in [-0.2, 0) is 0 Å². The van der Waals surface area contributed by atoms with Crippen molar-refractivity contribution in [1.29, 1.82) is 5.26 Å². The molecule has 0 atom stereocenters. The Balaban J connectivity index is 1.75. The average molecular weight is 351 g/mol. The Morgan fingerprint density at radius 1 is 1.00 bits per heavy atom. The third kappa shape index (κ3) is 3.62. The van der Waals surface area contributed by atoms with Crippen molar-refractivity contribution in [3.8, 4) is 6.07 Å². The minimum Gasteiger partial charge on any atom is -0.334 e. The topological polar surface area (TPSA) is 90.7 Å². The molecular formula is C18H11F2N5O. The number of carbonyl (C=O) groups excluding carboxylic acids is 1. The molecule has 0 aliphatic rings. The van der Waals surface area contributed by atoms with Crippen molar-refractivity contribution in [1.82, 2.24) is 9.97 Å². The van der Waals surface area contributed by atoms with Gasteiger partial charge in [0, 0.05) is 0 Å². The smallest absolute Gasteiger partial charge is 0.275 e. The fraction of sp³-hybridized carbons (Fsp3) is 0. The van der Waals surface area contributed by atoms with Gasteiger partial charge in [-0.3, -0.25) is 4.79 Å². The number of rotatable bonds is 4. The number of anilines is 3. The highest BCUT2D eigenvalue weighted by Crippen LogP contribution is 2.21. The molecule has 1 amide bonds. The van der Waals surface area contributed by atoms with E-state index in [1.807, 2.05) is 6.07 Å². The molecule has 1 aromatic heterocycles. The van der Waals surface area contributed by atoms with Crippen molar-refractivity contribution in [3.63, 3.8) is 0 Å². The summed E-state index contributed by atoms with van der Waals surface area (Å²) in [6, 6.07) is 11.9. The predicted octanol–water partition coefficient (Wildman–Crippen LogP) is 3.62. The van der Waals surface area contributed by atoms with Crippen LogP contribution < -0.4 is 10.6 Å². The Morgan fingerprint density at radius 2 is 1.73 bits per heavy atom. The van der Waals surface area contributed by atoms with E-state index in [1.54, 1.807) is 24.3 Å². The molecular weight excluding hydrogens is 340 g/mol. The molecule has 0 unspecified atom stereocenters. The summed E-state index contributed by atoms with van der Waals surface area (Å²) in [5.41, 5.74) is 0.277. The number of halogens is 2. The molecule has 2 aromatic carbocycles. The summed E-state index contributed by atoms with van der Waals surface area (Å²) in [6.45, 7) is 0. The molecule has 0 aliphatic heterocycles. The van der Waals surface area contributed by atoms with E-state index in [4.69, 9.17) is 5.26 Å². The SMILES string of the molecule is N#Cc1ccccc1NC(=O)c1cnc(Nc2c(F)cccc2F)cn1. The number of nitriles is 1. The molecule has 8 heteroatoms. The Morgan fingerprint density at radius 3 is 2.38 bits per heavy atom. The zero-order valence-corrected chi connectivity index (χ0v) is 13.2. The zero-order valence-electron chi connectivity index (χ0n) is 13.2. The quantitative estimate of drug-likeness (QED) is 0.749. The minimum atomic E-state index is -0.776. The van der Waals surface area contributed by atoms with Gasteiger partial charge < -0.3 is 10.6 Å². The number of benzene rings is 2. The van der Waals surface area contributed by atoms with Crippen molar-refractivity contribution < 1.29 is 13.6 Å². The number of hydrogen-bond acceptors (Lipinski definition) is 5. The third-order valence-corrected chi connectivity index (χ3v) is 3.40. The maximum absolute atomic E-state index is 13.6. The van der Waals surface area contributed by atoms with Crippen LogP contribution in [0.15, 0.2) is 54.9 Å². The van der Waals surface area contributed by atoms with Gasteiger partial charge in [0.1, 0.15) is 34.9 Å². The van der Waals surface area contributed by atoms with Crippen LogP contribution in [0.25, 0.3) is 0 Å². The number of hydrogen-bond donors (Lipinski definition) is 2.